The summed E-state index contributed by atoms with van der Waals surface area (Å²) in [6.45, 7) is 2.49. The molecule has 0 atom stereocenters. The number of ether oxygens (including phenoxy) is 1. The first-order chi connectivity index (χ1) is 12.7. The highest BCUT2D eigenvalue weighted by Gasteiger charge is 2.12. The van der Waals surface area contributed by atoms with E-state index in [1.165, 1.54) is 22.3 Å². The highest BCUT2D eigenvalue weighted by Crippen LogP contribution is 2.32. The number of nitrogens with one attached hydrogen (secondary N) is 1. The monoisotopic (exact) mass is 366 g/mol. The van der Waals surface area contributed by atoms with Crippen molar-refractivity contribution in [1.29, 1.82) is 0 Å². The molecule has 26 heavy (non-hydrogen) atoms. The molecular weight excluding hydrogens is 352 g/mol. The summed E-state index contributed by atoms with van der Waals surface area (Å²) in [7, 11) is 0. The summed E-state index contributed by atoms with van der Waals surface area (Å²) in [4.78, 5) is 17.0. The molecule has 2 aromatic carbocycles. The SMILES string of the molecule is CCOc1cccc2sc(NC(=O)c3ccc(-n4cnnn4)cc3)nc12. The lowest BCUT2D eigenvalue weighted by molar-refractivity contribution is 0.102. The van der Waals surface area contributed by atoms with Gasteiger partial charge in [0, 0.05) is 5.56 Å². The van der Waals surface area contributed by atoms with E-state index in [0.717, 1.165) is 15.9 Å². The largest absolute Gasteiger partial charge is 0.492 e. The minimum Gasteiger partial charge on any atom is -0.492 e. The number of thiazole rings is 1. The van der Waals surface area contributed by atoms with Crippen LogP contribution in [-0.4, -0.2) is 37.7 Å². The molecule has 1 N–H and O–H groups in total. The molecule has 8 nitrogen and oxygen atoms in total. The third kappa shape index (κ3) is 3.11. The summed E-state index contributed by atoms with van der Waals surface area (Å²) >= 11 is 1.41. The topological polar surface area (TPSA) is 94.8 Å². The lowest BCUT2D eigenvalue weighted by atomic mass is 10.2. The van der Waals surface area contributed by atoms with E-state index in [4.69, 9.17) is 4.74 Å². The maximum absolute atomic E-state index is 12.5. The molecule has 9 heteroatoms. The van der Waals surface area contributed by atoms with Gasteiger partial charge in [0.1, 0.15) is 17.6 Å². The van der Waals surface area contributed by atoms with E-state index in [-0.39, 0.29) is 5.91 Å². The van der Waals surface area contributed by atoms with E-state index in [2.05, 4.69) is 25.8 Å². The number of aromatic nitrogens is 5. The predicted octanol–water partition coefficient (Wildman–Crippen LogP) is 2.92. The van der Waals surface area contributed by atoms with Crippen molar-refractivity contribution in [3.63, 3.8) is 0 Å². The number of tetrazole rings is 1. The number of para-hydroxylation sites is 1. The number of anilines is 1. The molecule has 0 fully saturated rings. The Morgan fingerprint density at radius 2 is 2.08 bits per heavy atom. The van der Waals surface area contributed by atoms with Gasteiger partial charge in [-0.2, -0.15) is 0 Å². The molecule has 0 aliphatic rings. The van der Waals surface area contributed by atoms with Crippen LogP contribution in [0, 0.1) is 0 Å². The first-order valence-electron chi connectivity index (χ1n) is 7.91. The molecule has 4 rings (SSSR count). The molecule has 0 radical (unpaired) electrons. The number of carbonyl (C=O) groups is 1. The first kappa shape index (κ1) is 16.2. The van der Waals surface area contributed by atoms with E-state index < -0.39 is 0 Å². The van der Waals surface area contributed by atoms with Crippen molar-refractivity contribution in [3.05, 3.63) is 54.4 Å². The minimum absolute atomic E-state index is 0.231. The van der Waals surface area contributed by atoms with Crippen molar-refractivity contribution in [2.24, 2.45) is 0 Å². The predicted molar refractivity (Wildman–Crippen MR) is 97.9 cm³/mol. The van der Waals surface area contributed by atoms with Crippen molar-refractivity contribution in [3.8, 4) is 11.4 Å². The lowest BCUT2D eigenvalue weighted by Gasteiger charge is -2.03. The quantitative estimate of drug-likeness (QED) is 0.583. The zero-order valence-corrected chi connectivity index (χ0v) is 14.6. The van der Waals surface area contributed by atoms with Gasteiger partial charge in [0.05, 0.1) is 17.0 Å². The van der Waals surface area contributed by atoms with Gasteiger partial charge in [-0.15, -0.1) is 5.10 Å². The second-order valence-electron chi connectivity index (χ2n) is 5.31. The molecule has 4 aromatic rings. The Labute approximate surface area is 152 Å². The van der Waals surface area contributed by atoms with Crippen LogP contribution < -0.4 is 10.1 Å². The molecule has 0 unspecified atom stereocenters. The van der Waals surface area contributed by atoms with E-state index >= 15 is 0 Å². The average molecular weight is 366 g/mol. The third-order valence-electron chi connectivity index (χ3n) is 3.65. The smallest absolute Gasteiger partial charge is 0.257 e. The number of fused-ring (bicyclic) bond motifs is 1. The summed E-state index contributed by atoms with van der Waals surface area (Å²) in [5.74, 6) is 0.484. The van der Waals surface area contributed by atoms with Crippen molar-refractivity contribution < 1.29 is 9.53 Å². The van der Waals surface area contributed by atoms with Gasteiger partial charge in [-0.1, -0.05) is 17.4 Å². The van der Waals surface area contributed by atoms with Gasteiger partial charge < -0.3 is 4.74 Å². The van der Waals surface area contributed by atoms with E-state index in [9.17, 15) is 4.79 Å². The molecule has 2 heterocycles. The summed E-state index contributed by atoms with van der Waals surface area (Å²) in [5.41, 5.74) is 2.04. The number of hydrogen-bond acceptors (Lipinski definition) is 7. The molecule has 0 saturated heterocycles. The molecule has 1 amide bonds. The first-order valence-corrected chi connectivity index (χ1v) is 8.73. The Bertz CT molecular complexity index is 1040. The molecule has 0 saturated carbocycles. The fourth-order valence-electron chi connectivity index (χ4n) is 2.46. The van der Waals surface area contributed by atoms with E-state index in [0.29, 0.717) is 23.1 Å². The lowest BCUT2D eigenvalue weighted by Crippen LogP contribution is -2.11. The number of carbonyl (C=O) groups excluding carboxylic acids is 1. The Balaban J connectivity index is 1.54. The Hall–Kier alpha value is -3.33. The fraction of sp³-hybridized carbons (Fsp3) is 0.118. The normalized spacial score (nSPS) is 10.8. The average Bonchev–Trinajstić information content (AvgIpc) is 3.32. The van der Waals surface area contributed by atoms with Gasteiger partial charge in [-0.05, 0) is 53.7 Å². The zero-order chi connectivity index (χ0) is 17.9. The summed E-state index contributed by atoms with van der Waals surface area (Å²) < 4.78 is 8.06. The second kappa shape index (κ2) is 6.89. The number of hydrogen-bond donors (Lipinski definition) is 1. The van der Waals surface area contributed by atoms with Gasteiger partial charge in [0.15, 0.2) is 5.13 Å². The van der Waals surface area contributed by atoms with Gasteiger partial charge in [0.2, 0.25) is 0 Å². The van der Waals surface area contributed by atoms with Crippen LogP contribution in [0.25, 0.3) is 15.9 Å². The number of benzene rings is 2. The van der Waals surface area contributed by atoms with E-state index in [1.807, 2.05) is 25.1 Å². The van der Waals surface area contributed by atoms with Crippen LogP contribution in [-0.2, 0) is 0 Å². The van der Waals surface area contributed by atoms with Crippen molar-refractivity contribution in [2.45, 2.75) is 6.92 Å². The summed E-state index contributed by atoms with van der Waals surface area (Å²) in [6.07, 6.45) is 1.49. The van der Waals surface area contributed by atoms with Crippen LogP contribution in [0.3, 0.4) is 0 Å². The van der Waals surface area contributed by atoms with Gasteiger partial charge in [-0.3, -0.25) is 10.1 Å². The minimum atomic E-state index is -0.231. The van der Waals surface area contributed by atoms with Crippen molar-refractivity contribution in [2.75, 3.05) is 11.9 Å². The number of nitrogens with zero attached hydrogens (tertiary/aromatic N) is 5. The van der Waals surface area contributed by atoms with Gasteiger partial charge in [0.25, 0.3) is 5.91 Å². The highest BCUT2D eigenvalue weighted by molar-refractivity contribution is 7.22. The maximum atomic E-state index is 12.5. The Morgan fingerprint density at radius 3 is 2.81 bits per heavy atom. The summed E-state index contributed by atoms with van der Waals surface area (Å²) in [6, 6.07) is 12.7. The van der Waals surface area contributed by atoms with Crippen LogP contribution in [0.2, 0.25) is 0 Å². The van der Waals surface area contributed by atoms with Crippen LogP contribution in [0.5, 0.6) is 5.75 Å². The Kier molecular flexibility index (Phi) is 4.28. The van der Waals surface area contributed by atoms with Gasteiger partial charge >= 0.3 is 0 Å². The van der Waals surface area contributed by atoms with Crippen LogP contribution in [0.15, 0.2) is 48.8 Å². The molecule has 0 bridgehead atoms. The zero-order valence-electron chi connectivity index (χ0n) is 13.8. The van der Waals surface area contributed by atoms with Crippen LogP contribution in [0.1, 0.15) is 17.3 Å². The van der Waals surface area contributed by atoms with Crippen LogP contribution >= 0.6 is 11.3 Å². The molecule has 0 spiro atoms. The maximum Gasteiger partial charge on any atom is 0.257 e. The molecule has 130 valence electrons. The molecular formula is C17H14N6O2S. The third-order valence-corrected chi connectivity index (χ3v) is 4.58. The standard InChI is InChI=1S/C17H14N6O2S/c1-2-25-13-4-3-5-14-15(13)19-17(26-14)20-16(24)11-6-8-12(9-7-11)23-10-18-21-22-23/h3-10H,2H2,1H3,(H,19,20,24). The Morgan fingerprint density at radius 1 is 1.23 bits per heavy atom. The van der Waals surface area contributed by atoms with E-state index in [1.54, 1.807) is 24.3 Å². The van der Waals surface area contributed by atoms with Crippen molar-refractivity contribution >= 4 is 32.6 Å². The van der Waals surface area contributed by atoms with Gasteiger partial charge in [-0.25, -0.2) is 9.67 Å². The molecule has 2 aromatic heterocycles. The number of amides is 1. The van der Waals surface area contributed by atoms with Crippen LogP contribution in [0.4, 0.5) is 5.13 Å². The molecule has 0 aliphatic heterocycles. The summed E-state index contributed by atoms with van der Waals surface area (Å²) in [5, 5.41) is 14.4. The molecule has 0 aliphatic carbocycles. The number of rotatable bonds is 5. The highest BCUT2D eigenvalue weighted by atomic mass is 32.1. The fourth-order valence-corrected chi connectivity index (χ4v) is 3.34. The van der Waals surface area contributed by atoms with Crippen molar-refractivity contribution in [1.82, 2.24) is 25.2 Å². The second-order valence-corrected chi connectivity index (χ2v) is 6.34.